The molecule has 2 aromatic carbocycles. The third-order valence-corrected chi connectivity index (χ3v) is 5.26. The van der Waals surface area contributed by atoms with E-state index in [1.165, 1.54) is 6.07 Å². The minimum atomic E-state index is -0.981. The predicted octanol–water partition coefficient (Wildman–Crippen LogP) is 3.00. The van der Waals surface area contributed by atoms with Gasteiger partial charge in [-0.25, -0.2) is 8.78 Å². The van der Waals surface area contributed by atoms with Crippen molar-refractivity contribution < 1.29 is 23.0 Å². The van der Waals surface area contributed by atoms with Crippen LogP contribution in [0, 0.1) is 11.6 Å². The summed E-state index contributed by atoms with van der Waals surface area (Å²) in [5.74, 6) is -0.561. The van der Waals surface area contributed by atoms with Crippen molar-refractivity contribution in [2.24, 2.45) is 0 Å². The highest BCUT2D eigenvalue weighted by atomic mass is 19.2. The Labute approximate surface area is 175 Å². The summed E-state index contributed by atoms with van der Waals surface area (Å²) in [6, 6.07) is 10.5. The lowest BCUT2D eigenvalue weighted by molar-refractivity contribution is -0.121. The first-order valence-corrected chi connectivity index (χ1v) is 9.95. The molecule has 1 aliphatic heterocycles. The highest BCUT2D eigenvalue weighted by Gasteiger charge is 2.25. The van der Waals surface area contributed by atoms with Crippen LogP contribution in [0.25, 0.3) is 0 Å². The fourth-order valence-electron chi connectivity index (χ4n) is 3.33. The molecule has 0 radical (unpaired) electrons. The van der Waals surface area contributed by atoms with Crippen molar-refractivity contribution in [1.29, 1.82) is 0 Å². The second kappa shape index (κ2) is 10.4. The lowest BCUT2D eigenvalue weighted by Gasteiger charge is -2.37. The van der Waals surface area contributed by atoms with Crippen LogP contribution in [0.4, 0.5) is 14.5 Å². The van der Waals surface area contributed by atoms with Crippen molar-refractivity contribution in [3.05, 3.63) is 54.1 Å². The van der Waals surface area contributed by atoms with Crippen LogP contribution in [0.2, 0.25) is 0 Å². The number of hydrogen-bond acceptors (Lipinski definition) is 5. The van der Waals surface area contributed by atoms with Crippen LogP contribution in [0.1, 0.15) is 6.92 Å². The third kappa shape index (κ3) is 5.90. The van der Waals surface area contributed by atoms with Crippen LogP contribution >= 0.6 is 0 Å². The van der Waals surface area contributed by atoms with E-state index in [1.807, 2.05) is 31.2 Å². The van der Waals surface area contributed by atoms with Gasteiger partial charge in [-0.05, 0) is 43.3 Å². The van der Waals surface area contributed by atoms with E-state index in [0.29, 0.717) is 6.61 Å². The fourth-order valence-corrected chi connectivity index (χ4v) is 3.33. The number of ether oxygens (including phenoxy) is 2. The maximum absolute atomic E-state index is 13.3. The van der Waals surface area contributed by atoms with E-state index in [-0.39, 0.29) is 17.6 Å². The minimum absolute atomic E-state index is 0.239. The molecule has 30 heavy (non-hydrogen) atoms. The van der Waals surface area contributed by atoms with Crippen LogP contribution in [0.3, 0.4) is 0 Å². The molecule has 1 aliphatic rings. The highest BCUT2D eigenvalue weighted by Crippen LogP contribution is 2.17. The SMILES string of the molecule is COc1ccc(OCCN2CCN([C@@H](C)C(=O)Nc3ccc(F)c(F)c3)CC2)cc1. The second-order valence-corrected chi connectivity index (χ2v) is 7.20. The van der Waals surface area contributed by atoms with Gasteiger partial charge in [0.05, 0.1) is 13.2 Å². The largest absolute Gasteiger partial charge is 0.497 e. The molecule has 0 aliphatic carbocycles. The monoisotopic (exact) mass is 419 g/mol. The van der Waals surface area contributed by atoms with Crippen molar-refractivity contribution in [2.75, 3.05) is 51.8 Å². The first-order valence-electron chi connectivity index (χ1n) is 9.95. The first-order chi connectivity index (χ1) is 14.5. The topological polar surface area (TPSA) is 54.0 Å². The van der Waals surface area contributed by atoms with E-state index in [1.54, 1.807) is 7.11 Å². The Morgan fingerprint density at radius 2 is 1.70 bits per heavy atom. The van der Waals surface area contributed by atoms with E-state index in [9.17, 15) is 13.6 Å². The lowest BCUT2D eigenvalue weighted by atomic mass is 10.2. The Morgan fingerprint density at radius 3 is 2.33 bits per heavy atom. The molecule has 0 spiro atoms. The van der Waals surface area contributed by atoms with Gasteiger partial charge in [0.25, 0.3) is 0 Å². The summed E-state index contributed by atoms with van der Waals surface area (Å²) in [7, 11) is 1.63. The molecule has 0 saturated carbocycles. The molecule has 1 fully saturated rings. The van der Waals surface area contributed by atoms with Gasteiger partial charge in [0, 0.05) is 44.5 Å². The summed E-state index contributed by atoms with van der Waals surface area (Å²) >= 11 is 0. The number of carbonyl (C=O) groups is 1. The molecule has 8 heteroatoms. The molecule has 1 amide bonds. The Balaban J connectivity index is 1.39. The molecule has 0 aromatic heterocycles. The van der Waals surface area contributed by atoms with Gasteiger partial charge in [-0.3, -0.25) is 14.6 Å². The number of benzene rings is 2. The molecule has 1 N–H and O–H groups in total. The number of halogens is 2. The van der Waals surface area contributed by atoms with E-state index in [2.05, 4.69) is 15.1 Å². The van der Waals surface area contributed by atoms with Crippen LogP contribution in [0.15, 0.2) is 42.5 Å². The van der Waals surface area contributed by atoms with Gasteiger partial charge in [0.15, 0.2) is 11.6 Å². The molecule has 1 heterocycles. The Kier molecular flexibility index (Phi) is 7.59. The summed E-state index contributed by atoms with van der Waals surface area (Å²) in [5, 5.41) is 2.65. The number of carbonyl (C=O) groups excluding carboxylic acids is 1. The molecular weight excluding hydrogens is 392 g/mol. The molecule has 2 aromatic rings. The summed E-state index contributed by atoms with van der Waals surface area (Å²) < 4.78 is 37.2. The zero-order chi connectivity index (χ0) is 21.5. The zero-order valence-electron chi connectivity index (χ0n) is 17.2. The molecule has 1 saturated heterocycles. The molecule has 1 atom stereocenters. The molecule has 162 valence electrons. The standard InChI is InChI=1S/C22H27F2N3O3/c1-16(22(28)25-17-3-8-20(23)21(24)15-17)27-11-9-26(10-12-27)13-14-30-19-6-4-18(29-2)5-7-19/h3-8,15-16H,9-14H2,1-2H3,(H,25,28)/t16-/m0/s1. The van der Waals surface area contributed by atoms with Crippen molar-refractivity contribution in [2.45, 2.75) is 13.0 Å². The second-order valence-electron chi connectivity index (χ2n) is 7.20. The van der Waals surface area contributed by atoms with E-state index in [4.69, 9.17) is 9.47 Å². The van der Waals surface area contributed by atoms with Gasteiger partial charge in [0.2, 0.25) is 5.91 Å². The first kappa shape index (κ1) is 22.0. The van der Waals surface area contributed by atoms with Gasteiger partial charge < -0.3 is 14.8 Å². The van der Waals surface area contributed by atoms with Crippen molar-refractivity contribution in [3.8, 4) is 11.5 Å². The smallest absolute Gasteiger partial charge is 0.241 e. The number of nitrogens with one attached hydrogen (secondary N) is 1. The van der Waals surface area contributed by atoms with Crippen LogP contribution < -0.4 is 14.8 Å². The summed E-state index contributed by atoms with van der Waals surface area (Å²) in [5.41, 5.74) is 0.250. The van der Waals surface area contributed by atoms with E-state index < -0.39 is 11.6 Å². The number of nitrogens with zero attached hydrogens (tertiary/aromatic N) is 2. The zero-order valence-corrected chi connectivity index (χ0v) is 17.2. The van der Waals surface area contributed by atoms with Crippen LogP contribution in [0.5, 0.6) is 11.5 Å². The molecule has 0 unspecified atom stereocenters. The summed E-state index contributed by atoms with van der Waals surface area (Å²) in [4.78, 5) is 16.8. The van der Waals surface area contributed by atoms with Crippen LogP contribution in [-0.4, -0.2) is 68.2 Å². The molecule has 3 rings (SSSR count). The number of rotatable bonds is 8. The average molecular weight is 419 g/mol. The lowest BCUT2D eigenvalue weighted by Crippen LogP contribution is -2.53. The molecule has 0 bridgehead atoms. The number of amides is 1. The summed E-state index contributed by atoms with van der Waals surface area (Å²) in [6.45, 7) is 6.35. The number of hydrogen-bond donors (Lipinski definition) is 1. The van der Waals surface area contributed by atoms with Gasteiger partial charge >= 0.3 is 0 Å². The highest BCUT2D eigenvalue weighted by molar-refractivity contribution is 5.94. The quantitative estimate of drug-likeness (QED) is 0.713. The Bertz CT molecular complexity index is 840. The number of anilines is 1. The predicted molar refractivity (Wildman–Crippen MR) is 111 cm³/mol. The maximum atomic E-state index is 13.3. The number of methoxy groups -OCH3 is 1. The van der Waals surface area contributed by atoms with Gasteiger partial charge in [0.1, 0.15) is 18.1 Å². The van der Waals surface area contributed by atoms with Crippen molar-refractivity contribution in [1.82, 2.24) is 9.80 Å². The minimum Gasteiger partial charge on any atom is -0.497 e. The maximum Gasteiger partial charge on any atom is 0.241 e. The normalized spacial score (nSPS) is 16.1. The summed E-state index contributed by atoms with van der Waals surface area (Å²) in [6.07, 6.45) is 0. The van der Waals surface area contributed by atoms with Crippen molar-refractivity contribution in [3.63, 3.8) is 0 Å². The Morgan fingerprint density at radius 1 is 1.03 bits per heavy atom. The van der Waals surface area contributed by atoms with E-state index in [0.717, 1.165) is 56.4 Å². The van der Waals surface area contributed by atoms with E-state index >= 15 is 0 Å². The fraction of sp³-hybridized carbons (Fsp3) is 0.409. The average Bonchev–Trinajstić information content (AvgIpc) is 2.77. The van der Waals surface area contributed by atoms with Crippen molar-refractivity contribution >= 4 is 11.6 Å². The van der Waals surface area contributed by atoms with Gasteiger partial charge in [-0.2, -0.15) is 0 Å². The Hall–Kier alpha value is -2.71. The number of piperazine rings is 1. The third-order valence-electron chi connectivity index (χ3n) is 5.26. The van der Waals surface area contributed by atoms with Gasteiger partial charge in [-0.1, -0.05) is 0 Å². The van der Waals surface area contributed by atoms with Crippen LogP contribution in [-0.2, 0) is 4.79 Å². The molecular formula is C22H27F2N3O3. The van der Waals surface area contributed by atoms with Gasteiger partial charge in [-0.15, -0.1) is 0 Å². The molecule has 6 nitrogen and oxygen atoms in total.